The van der Waals surface area contributed by atoms with Crippen molar-refractivity contribution in [1.82, 2.24) is 5.32 Å². The van der Waals surface area contributed by atoms with Crippen LogP contribution in [0, 0.1) is 12.3 Å². The summed E-state index contributed by atoms with van der Waals surface area (Å²) in [5.41, 5.74) is 0. The minimum absolute atomic E-state index is 0.110. The number of ketones is 1. The average Bonchev–Trinajstić information content (AvgIpc) is 1.82. The first kappa shape index (κ1) is 7.70. The van der Waals surface area contributed by atoms with Crippen molar-refractivity contribution in [2.24, 2.45) is 0 Å². The summed E-state index contributed by atoms with van der Waals surface area (Å²) in [6.07, 6.45) is 4.80. The molecular weight excluding hydrogens is 118 g/mol. The molecule has 0 spiro atoms. The summed E-state index contributed by atoms with van der Waals surface area (Å²) in [6, 6.07) is 0. The molecule has 0 aliphatic rings. The molecule has 0 aromatic carbocycles. The fourth-order valence-electron chi connectivity index (χ4n) is 0.256. The standard InChI is InChI=1S/C6H7NO2/c1-3-4-7-6(9)5(2)8/h1H,4H2,2H3,(H,7,9). The van der Waals surface area contributed by atoms with Crippen LogP contribution in [0.4, 0.5) is 0 Å². The third kappa shape index (κ3) is 3.30. The molecule has 0 heterocycles. The monoisotopic (exact) mass is 125 g/mol. The highest BCUT2D eigenvalue weighted by molar-refractivity contribution is 6.35. The SMILES string of the molecule is C#CCNC(=O)C(C)=O. The molecule has 0 saturated carbocycles. The van der Waals surface area contributed by atoms with Crippen molar-refractivity contribution in [3.8, 4) is 12.3 Å². The maximum Gasteiger partial charge on any atom is 0.287 e. The van der Waals surface area contributed by atoms with Crippen LogP contribution in [-0.4, -0.2) is 18.2 Å². The van der Waals surface area contributed by atoms with Crippen LogP contribution in [0.25, 0.3) is 0 Å². The second kappa shape index (κ2) is 3.67. The summed E-state index contributed by atoms with van der Waals surface area (Å²) in [6.45, 7) is 1.30. The van der Waals surface area contributed by atoms with Gasteiger partial charge in [-0.25, -0.2) is 0 Å². The van der Waals surface area contributed by atoms with Gasteiger partial charge in [-0.1, -0.05) is 5.92 Å². The van der Waals surface area contributed by atoms with E-state index in [-0.39, 0.29) is 6.54 Å². The molecule has 0 aromatic rings. The second-order valence-corrected chi connectivity index (χ2v) is 1.44. The number of terminal acetylenes is 1. The van der Waals surface area contributed by atoms with E-state index in [9.17, 15) is 9.59 Å². The first-order valence-electron chi connectivity index (χ1n) is 2.40. The molecule has 48 valence electrons. The highest BCUT2D eigenvalue weighted by Crippen LogP contribution is 1.66. The molecule has 0 unspecified atom stereocenters. The molecule has 3 heteroatoms. The van der Waals surface area contributed by atoms with Gasteiger partial charge in [0, 0.05) is 6.92 Å². The number of carbonyl (C=O) groups excluding carboxylic acids is 2. The Hall–Kier alpha value is -1.30. The first-order valence-corrected chi connectivity index (χ1v) is 2.40. The summed E-state index contributed by atoms with van der Waals surface area (Å²) in [5.74, 6) is 1.01. The summed E-state index contributed by atoms with van der Waals surface area (Å²) in [4.78, 5) is 20.5. The van der Waals surface area contributed by atoms with Crippen molar-refractivity contribution in [3.05, 3.63) is 0 Å². The Bertz CT molecular complexity index is 166. The Morgan fingerprint density at radius 3 is 2.56 bits per heavy atom. The van der Waals surface area contributed by atoms with E-state index in [0.29, 0.717) is 0 Å². The van der Waals surface area contributed by atoms with Gasteiger partial charge < -0.3 is 5.32 Å². The summed E-state index contributed by atoms with van der Waals surface area (Å²) in [5, 5.41) is 2.21. The van der Waals surface area contributed by atoms with Crippen LogP contribution in [0.15, 0.2) is 0 Å². The van der Waals surface area contributed by atoms with E-state index >= 15 is 0 Å². The molecule has 0 aromatic heterocycles. The van der Waals surface area contributed by atoms with Gasteiger partial charge in [-0.3, -0.25) is 9.59 Å². The molecule has 0 rings (SSSR count). The van der Waals surface area contributed by atoms with Crippen LogP contribution in [-0.2, 0) is 9.59 Å². The molecule has 0 saturated heterocycles. The van der Waals surface area contributed by atoms with E-state index in [1.54, 1.807) is 0 Å². The largest absolute Gasteiger partial charge is 0.339 e. The van der Waals surface area contributed by atoms with Gasteiger partial charge in [-0.2, -0.15) is 0 Å². The van der Waals surface area contributed by atoms with Crippen molar-refractivity contribution in [2.45, 2.75) is 6.92 Å². The molecule has 9 heavy (non-hydrogen) atoms. The maximum atomic E-state index is 10.3. The van der Waals surface area contributed by atoms with E-state index in [1.807, 2.05) is 0 Å². The summed E-state index contributed by atoms with van der Waals surface area (Å²) < 4.78 is 0. The van der Waals surface area contributed by atoms with E-state index < -0.39 is 11.7 Å². The van der Waals surface area contributed by atoms with Gasteiger partial charge in [-0.05, 0) is 0 Å². The minimum atomic E-state index is -0.632. The lowest BCUT2D eigenvalue weighted by atomic mass is 10.4. The van der Waals surface area contributed by atoms with Crippen molar-refractivity contribution in [1.29, 1.82) is 0 Å². The van der Waals surface area contributed by atoms with Gasteiger partial charge in [0.05, 0.1) is 6.54 Å². The molecule has 3 nitrogen and oxygen atoms in total. The van der Waals surface area contributed by atoms with E-state index in [0.717, 1.165) is 0 Å². The average molecular weight is 125 g/mol. The van der Waals surface area contributed by atoms with E-state index in [2.05, 4.69) is 11.2 Å². The van der Waals surface area contributed by atoms with Gasteiger partial charge in [0.2, 0.25) is 5.78 Å². The third-order valence-electron chi connectivity index (χ3n) is 0.671. The summed E-state index contributed by atoms with van der Waals surface area (Å²) >= 11 is 0. The van der Waals surface area contributed by atoms with Crippen molar-refractivity contribution >= 4 is 11.7 Å². The number of rotatable bonds is 2. The lowest BCUT2D eigenvalue weighted by molar-refractivity contribution is -0.136. The van der Waals surface area contributed by atoms with Crippen molar-refractivity contribution < 1.29 is 9.59 Å². The van der Waals surface area contributed by atoms with Crippen molar-refractivity contribution in [2.75, 3.05) is 6.54 Å². The topological polar surface area (TPSA) is 46.2 Å². The predicted molar refractivity (Wildman–Crippen MR) is 32.5 cm³/mol. The van der Waals surface area contributed by atoms with Crippen LogP contribution in [0.2, 0.25) is 0 Å². The van der Waals surface area contributed by atoms with Gasteiger partial charge in [-0.15, -0.1) is 6.42 Å². The zero-order valence-electron chi connectivity index (χ0n) is 5.10. The summed E-state index contributed by atoms with van der Waals surface area (Å²) in [7, 11) is 0. The van der Waals surface area contributed by atoms with Crippen LogP contribution in [0.5, 0.6) is 0 Å². The lowest BCUT2D eigenvalue weighted by Gasteiger charge is -1.92. The smallest absolute Gasteiger partial charge is 0.287 e. The van der Waals surface area contributed by atoms with Gasteiger partial charge in [0.25, 0.3) is 5.91 Å². The molecular formula is C6H7NO2. The molecule has 0 fully saturated rings. The van der Waals surface area contributed by atoms with Crippen LogP contribution >= 0.6 is 0 Å². The highest BCUT2D eigenvalue weighted by Gasteiger charge is 2.03. The Morgan fingerprint density at radius 2 is 2.22 bits per heavy atom. The predicted octanol–water partition coefficient (Wildman–Crippen LogP) is -0.675. The Morgan fingerprint density at radius 1 is 1.67 bits per heavy atom. The number of nitrogens with one attached hydrogen (secondary N) is 1. The van der Waals surface area contributed by atoms with Gasteiger partial charge in [0.1, 0.15) is 0 Å². The van der Waals surface area contributed by atoms with E-state index in [4.69, 9.17) is 6.42 Å². The quantitative estimate of drug-likeness (QED) is 0.393. The van der Waals surface area contributed by atoms with Crippen LogP contribution in [0.3, 0.4) is 0 Å². The maximum absolute atomic E-state index is 10.3. The molecule has 0 aliphatic carbocycles. The number of carbonyl (C=O) groups is 2. The number of Topliss-reactive ketones (excluding diaryl/α,β-unsaturated/α-hetero) is 1. The van der Waals surface area contributed by atoms with Crippen LogP contribution in [0.1, 0.15) is 6.92 Å². The molecule has 0 aliphatic heterocycles. The second-order valence-electron chi connectivity index (χ2n) is 1.44. The zero-order valence-corrected chi connectivity index (χ0v) is 5.10. The van der Waals surface area contributed by atoms with Crippen LogP contribution < -0.4 is 5.32 Å². The lowest BCUT2D eigenvalue weighted by Crippen LogP contribution is -2.29. The van der Waals surface area contributed by atoms with Crippen molar-refractivity contribution in [3.63, 3.8) is 0 Å². The normalized spacial score (nSPS) is 7.56. The minimum Gasteiger partial charge on any atom is -0.339 e. The Balaban J connectivity index is 3.55. The van der Waals surface area contributed by atoms with E-state index in [1.165, 1.54) is 6.92 Å². The zero-order chi connectivity index (χ0) is 7.28. The molecule has 1 N–H and O–H groups in total. The Labute approximate surface area is 53.4 Å². The van der Waals surface area contributed by atoms with Gasteiger partial charge in [0.15, 0.2) is 0 Å². The molecule has 0 bridgehead atoms. The van der Waals surface area contributed by atoms with Gasteiger partial charge >= 0.3 is 0 Å². The number of hydrogen-bond donors (Lipinski definition) is 1. The first-order chi connectivity index (χ1) is 4.18. The fraction of sp³-hybridized carbons (Fsp3) is 0.333. The number of amides is 1. The molecule has 0 radical (unpaired) electrons. The number of hydrogen-bond acceptors (Lipinski definition) is 2. The third-order valence-corrected chi connectivity index (χ3v) is 0.671. The highest BCUT2D eigenvalue weighted by atomic mass is 16.2. The fourth-order valence-corrected chi connectivity index (χ4v) is 0.256. The Kier molecular flexibility index (Phi) is 3.14. The molecule has 1 amide bonds. The molecule has 0 atom stereocenters.